The Hall–Kier alpha value is -1.64. The second-order valence-electron chi connectivity index (χ2n) is 4.61. The highest BCUT2D eigenvalue weighted by Crippen LogP contribution is 2.26. The molecule has 1 aliphatic carbocycles. The van der Waals surface area contributed by atoms with E-state index in [2.05, 4.69) is 0 Å². The zero-order chi connectivity index (χ0) is 12.4. The molecule has 0 fully saturated rings. The molecule has 1 aromatic rings. The Morgan fingerprint density at radius 2 is 2.12 bits per heavy atom. The molecular weight excluding hydrogens is 216 g/mol. The maximum Gasteiger partial charge on any atom is 0.303 e. The van der Waals surface area contributed by atoms with Gasteiger partial charge in [-0.05, 0) is 42.0 Å². The van der Waals surface area contributed by atoms with Crippen molar-refractivity contribution in [3.8, 4) is 0 Å². The number of benzene rings is 1. The van der Waals surface area contributed by atoms with E-state index in [0.717, 1.165) is 23.1 Å². The van der Waals surface area contributed by atoms with E-state index in [1.807, 2.05) is 19.1 Å². The summed E-state index contributed by atoms with van der Waals surface area (Å²) in [7, 11) is 0. The van der Waals surface area contributed by atoms with Crippen LogP contribution in [0.1, 0.15) is 35.1 Å². The molecule has 0 amide bonds. The summed E-state index contributed by atoms with van der Waals surface area (Å²) in [5, 5.41) is 8.76. The van der Waals surface area contributed by atoms with Crippen molar-refractivity contribution in [1.82, 2.24) is 0 Å². The van der Waals surface area contributed by atoms with Gasteiger partial charge in [-0.25, -0.2) is 0 Å². The van der Waals surface area contributed by atoms with Crippen LogP contribution in [0.15, 0.2) is 12.1 Å². The van der Waals surface area contributed by atoms with Gasteiger partial charge in [0.05, 0.1) is 0 Å². The average Bonchev–Trinajstić information content (AvgIpc) is 2.27. The fourth-order valence-electron chi connectivity index (χ4n) is 2.48. The molecule has 17 heavy (non-hydrogen) atoms. The first-order valence-corrected chi connectivity index (χ1v) is 5.91. The molecule has 1 N–H and O–H groups in total. The number of carboxylic acid groups (broad SMARTS) is 1. The molecule has 2 rings (SSSR count). The van der Waals surface area contributed by atoms with Gasteiger partial charge in [0.25, 0.3) is 0 Å². The molecular formula is C14H16O3. The number of aliphatic carboxylic acids is 1. The van der Waals surface area contributed by atoms with Crippen molar-refractivity contribution in [2.75, 3.05) is 0 Å². The first-order chi connectivity index (χ1) is 8.08. The SMILES string of the molecule is Cc1ccc2c(c1CCC(=O)O)CCC(=O)C2. The van der Waals surface area contributed by atoms with Crippen molar-refractivity contribution in [3.63, 3.8) is 0 Å². The number of rotatable bonds is 3. The molecule has 3 nitrogen and oxygen atoms in total. The highest BCUT2D eigenvalue weighted by atomic mass is 16.4. The molecule has 0 saturated heterocycles. The van der Waals surface area contributed by atoms with Crippen LogP contribution in [0.5, 0.6) is 0 Å². The van der Waals surface area contributed by atoms with Crippen LogP contribution in [0.2, 0.25) is 0 Å². The van der Waals surface area contributed by atoms with Gasteiger partial charge >= 0.3 is 5.97 Å². The van der Waals surface area contributed by atoms with Gasteiger partial charge in [0.1, 0.15) is 5.78 Å². The van der Waals surface area contributed by atoms with Crippen LogP contribution in [0, 0.1) is 6.92 Å². The van der Waals surface area contributed by atoms with E-state index < -0.39 is 5.97 Å². The fourth-order valence-corrected chi connectivity index (χ4v) is 2.48. The molecule has 0 saturated carbocycles. The Morgan fingerprint density at radius 1 is 1.35 bits per heavy atom. The number of ketones is 1. The van der Waals surface area contributed by atoms with Gasteiger partial charge in [-0.3, -0.25) is 9.59 Å². The molecule has 0 bridgehead atoms. The first kappa shape index (κ1) is 11.8. The monoisotopic (exact) mass is 232 g/mol. The second kappa shape index (κ2) is 4.70. The van der Waals surface area contributed by atoms with Crippen LogP contribution in [0.3, 0.4) is 0 Å². The van der Waals surface area contributed by atoms with Crippen molar-refractivity contribution >= 4 is 11.8 Å². The summed E-state index contributed by atoms with van der Waals surface area (Å²) in [6.07, 6.45) is 2.60. The van der Waals surface area contributed by atoms with Crippen LogP contribution in [-0.2, 0) is 28.9 Å². The predicted molar refractivity (Wildman–Crippen MR) is 64.2 cm³/mol. The Morgan fingerprint density at radius 3 is 2.82 bits per heavy atom. The van der Waals surface area contributed by atoms with E-state index in [-0.39, 0.29) is 12.2 Å². The van der Waals surface area contributed by atoms with E-state index >= 15 is 0 Å². The summed E-state index contributed by atoms with van der Waals surface area (Å²) in [4.78, 5) is 22.0. The lowest BCUT2D eigenvalue weighted by atomic mass is 9.84. The molecule has 1 aromatic carbocycles. The molecule has 0 atom stereocenters. The summed E-state index contributed by atoms with van der Waals surface area (Å²) in [6, 6.07) is 4.00. The zero-order valence-corrected chi connectivity index (χ0v) is 9.95. The van der Waals surface area contributed by atoms with Gasteiger partial charge in [-0.2, -0.15) is 0 Å². The van der Waals surface area contributed by atoms with Crippen molar-refractivity contribution in [1.29, 1.82) is 0 Å². The number of hydrogen-bond acceptors (Lipinski definition) is 2. The van der Waals surface area contributed by atoms with Crippen LogP contribution in [0.25, 0.3) is 0 Å². The molecule has 0 spiro atoms. The van der Waals surface area contributed by atoms with Gasteiger partial charge in [0.15, 0.2) is 0 Å². The highest BCUT2D eigenvalue weighted by Gasteiger charge is 2.19. The molecule has 0 aromatic heterocycles. The highest BCUT2D eigenvalue weighted by molar-refractivity contribution is 5.83. The molecule has 3 heteroatoms. The quantitative estimate of drug-likeness (QED) is 0.868. The molecule has 0 radical (unpaired) electrons. The van der Waals surface area contributed by atoms with E-state index in [1.54, 1.807) is 0 Å². The van der Waals surface area contributed by atoms with Crippen molar-refractivity contribution in [3.05, 3.63) is 34.4 Å². The van der Waals surface area contributed by atoms with Gasteiger partial charge in [0, 0.05) is 19.3 Å². The zero-order valence-electron chi connectivity index (χ0n) is 9.95. The predicted octanol–water partition coefficient (Wildman–Crippen LogP) is 2.07. The maximum atomic E-state index is 11.4. The van der Waals surface area contributed by atoms with E-state index in [1.165, 1.54) is 5.56 Å². The lowest BCUT2D eigenvalue weighted by Gasteiger charge is -2.20. The minimum absolute atomic E-state index is 0.158. The number of aryl methyl sites for hydroxylation is 1. The summed E-state index contributed by atoms with van der Waals surface area (Å²) in [5.41, 5.74) is 4.58. The molecule has 0 heterocycles. The third-order valence-corrected chi connectivity index (χ3v) is 3.39. The van der Waals surface area contributed by atoms with Crippen molar-refractivity contribution in [2.24, 2.45) is 0 Å². The van der Waals surface area contributed by atoms with Crippen LogP contribution < -0.4 is 0 Å². The van der Waals surface area contributed by atoms with Crippen molar-refractivity contribution in [2.45, 2.75) is 39.0 Å². The Balaban J connectivity index is 2.33. The number of carboxylic acids is 1. The Bertz CT molecular complexity index is 475. The maximum absolute atomic E-state index is 11.4. The number of carbonyl (C=O) groups excluding carboxylic acids is 1. The van der Waals surface area contributed by atoms with Crippen molar-refractivity contribution < 1.29 is 14.7 Å². The van der Waals surface area contributed by atoms with Gasteiger partial charge < -0.3 is 5.11 Å². The molecule has 0 aliphatic heterocycles. The molecule has 90 valence electrons. The van der Waals surface area contributed by atoms with Gasteiger partial charge in [-0.15, -0.1) is 0 Å². The average molecular weight is 232 g/mol. The normalized spacial score (nSPS) is 14.5. The van der Waals surface area contributed by atoms with Crippen LogP contribution >= 0.6 is 0 Å². The van der Waals surface area contributed by atoms with E-state index in [9.17, 15) is 9.59 Å². The summed E-state index contributed by atoms with van der Waals surface area (Å²) < 4.78 is 0. The summed E-state index contributed by atoms with van der Waals surface area (Å²) in [5.74, 6) is -0.487. The second-order valence-corrected chi connectivity index (χ2v) is 4.61. The Labute approximate surface area is 100 Å². The smallest absolute Gasteiger partial charge is 0.303 e. The fraction of sp³-hybridized carbons (Fsp3) is 0.429. The summed E-state index contributed by atoms with van der Waals surface area (Å²) in [6.45, 7) is 2.01. The minimum Gasteiger partial charge on any atom is -0.481 e. The number of hydrogen-bond donors (Lipinski definition) is 1. The topological polar surface area (TPSA) is 54.4 Å². The molecule has 0 unspecified atom stereocenters. The lowest BCUT2D eigenvalue weighted by Crippen LogP contribution is -2.16. The number of carbonyl (C=O) groups is 2. The minimum atomic E-state index is -0.770. The Kier molecular flexibility index (Phi) is 3.27. The lowest BCUT2D eigenvalue weighted by molar-refractivity contribution is -0.137. The third-order valence-electron chi connectivity index (χ3n) is 3.39. The van der Waals surface area contributed by atoms with E-state index in [4.69, 9.17) is 5.11 Å². The number of Topliss-reactive ketones (excluding diaryl/α,β-unsaturated/α-hetero) is 1. The number of fused-ring (bicyclic) bond motifs is 1. The van der Waals surface area contributed by atoms with Crippen LogP contribution in [0.4, 0.5) is 0 Å². The van der Waals surface area contributed by atoms with Gasteiger partial charge in [0.2, 0.25) is 0 Å². The third kappa shape index (κ3) is 2.54. The molecule has 1 aliphatic rings. The standard InChI is InChI=1S/C14H16O3/c1-9-2-3-10-8-11(15)4-5-13(10)12(9)6-7-14(16)17/h2-3H,4-8H2,1H3,(H,16,17). The van der Waals surface area contributed by atoms with E-state index in [0.29, 0.717) is 19.3 Å². The van der Waals surface area contributed by atoms with Crippen LogP contribution in [-0.4, -0.2) is 16.9 Å². The van der Waals surface area contributed by atoms with Gasteiger partial charge in [-0.1, -0.05) is 12.1 Å². The first-order valence-electron chi connectivity index (χ1n) is 5.91. The largest absolute Gasteiger partial charge is 0.481 e. The summed E-state index contributed by atoms with van der Waals surface area (Å²) >= 11 is 0.